The van der Waals surface area contributed by atoms with E-state index in [0.717, 1.165) is 12.0 Å². The molecule has 1 unspecified atom stereocenters. The predicted molar refractivity (Wildman–Crippen MR) is 71.7 cm³/mol. The second-order valence-corrected chi connectivity index (χ2v) is 5.04. The number of carboxylic acids is 1. The number of carbonyl (C=O) groups excluding carboxylic acids is 1. The van der Waals surface area contributed by atoms with Crippen LogP contribution in [0.15, 0.2) is 16.8 Å². The topological polar surface area (TPSA) is 66.4 Å². The van der Waals surface area contributed by atoms with E-state index in [9.17, 15) is 9.59 Å². The highest BCUT2D eigenvalue weighted by molar-refractivity contribution is 7.07. The van der Waals surface area contributed by atoms with E-state index >= 15 is 0 Å². The Labute approximate surface area is 111 Å². The lowest BCUT2D eigenvalue weighted by molar-refractivity contribution is -0.141. The van der Waals surface area contributed by atoms with E-state index in [2.05, 4.69) is 5.32 Å². The molecule has 0 aromatic carbocycles. The fraction of sp³-hybridized carbons (Fsp3) is 0.538. The van der Waals surface area contributed by atoms with Gasteiger partial charge in [0.2, 0.25) is 5.91 Å². The van der Waals surface area contributed by atoms with E-state index in [1.54, 1.807) is 11.3 Å². The van der Waals surface area contributed by atoms with Crippen molar-refractivity contribution in [2.24, 2.45) is 5.92 Å². The summed E-state index contributed by atoms with van der Waals surface area (Å²) in [5.74, 6) is -1.39. The summed E-state index contributed by atoms with van der Waals surface area (Å²) in [6.45, 7) is 2.17. The van der Waals surface area contributed by atoms with Gasteiger partial charge in [0.25, 0.3) is 0 Å². The number of hydrogen-bond acceptors (Lipinski definition) is 3. The average Bonchev–Trinajstić information content (AvgIpc) is 2.84. The van der Waals surface area contributed by atoms with Crippen LogP contribution in [0.4, 0.5) is 0 Å². The molecule has 0 radical (unpaired) electrons. The Balaban J connectivity index is 2.25. The minimum absolute atomic E-state index is 0.0800. The molecule has 18 heavy (non-hydrogen) atoms. The Hall–Kier alpha value is -1.36. The first-order valence-corrected chi connectivity index (χ1v) is 7.08. The van der Waals surface area contributed by atoms with Crippen LogP contribution in [-0.2, 0) is 16.0 Å². The SMILES string of the molecule is CCCC(CNC(=O)CCc1ccsc1)C(=O)O. The van der Waals surface area contributed by atoms with E-state index in [0.29, 0.717) is 19.3 Å². The molecule has 1 amide bonds. The summed E-state index contributed by atoms with van der Waals surface area (Å²) in [4.78, 5) is 22.5. The summed E-state index contributed by atoms with van der Waals surface area (Å²) in [5, 5.41) is 15.6. The molecule has 1 atom stereocenters. The van der Waals surface area contributed by atoms with E-state index in [1.807, 2.05) is 23.8 Å². The average molecular weight is 269 g/mol. The van der Waals surface area contributed by atoms with Gasteiger partial charge in [-0.3, -0.25) is 9.59 Å². The van der Waals surface area contributed by atoms with Gasteiger partial charge in [-0.15, -0.1) is 0 Å². The number of rotatable bonds is 8. The smallest absolute Gasteiger partial charge is 0.308 e. The van der Waals surface area contributed by atoms with Crippen molar-refractivity contribution >= 4 is 23.2 Å². The Bertz CT molecular complexity index is 376. The zero-order chi connectivity index (χ0) is 13.4. The molecule has 100 valence electrons. The molecule has 0 saturated heterocycles. The van der Waals surface area contributed by atoms with Crippen molar-refractivity contribution in [3.63, 3.8) is 0 Å². The van der Waals surface area contributed by atoms with Gasteiger partial charge in [0, 0.05) is 13.0 Å². The van der Waals surface area contributed by atoms with Crippen molar-refractivity contribution in [2.45, 2.75) is 32.6 Å². The van der Waals surface area contributed by atoms with Crippen LogP contribution in [-0.4, -0.2) is 23.5 Å². The molecule has 4 nitrogen and oxygen atoms in total. The highest BCUT2D eigenvalue weighted by Gasteiger charge is 2.16. The molecular weight excluding hydrogens is 250 g/mol. The van der Waals surface area contributed by atoms with Gasteiger partial charge in [0.05, 0.1) is 5.92 Å². The van der Waals surface area contributed by atoms with Gasteiger partial charge in [-0.2, -0.15) is 11.3 Å². The normalized spacial score (nSPS) is 12.1. The highest BCUT2D eigenvalue weighted by atomic mass is 32.1. The molecule has 1 heterocycles. The van der Waals surface area contributed by atoms with E-state index < -0.39 is 11.9 Å². The third-order valence-corrected chi connectivity index (χ3v) is 3.48. The third-order valence-electron chi connectivity index (χ3n) is 2.75. The van der Waals surface area contributed by atoms with E-state index in [-0.39, 0.29) is 12.5 Å². The van der Waals surface area contributed by atoms with Crippen LogP contribution < -0.4 is 5.32 Å². The molecule has 0 fully saturated rings. The zero-order valence-corrected chi connectivity index (χ0v) is 11.3. The summed E-state index contributed by atoms with van der Waals surface area (Å²) in [5.41, 5.74) is 1.15. The second kappa shape index (κ2) is 7.87. The lowest BCUT2D eigenvalue weighted by Gasteiger charge is -2.12. The van der Waals surface area contributed by atoms with Gasteiger partial charge in [-0.25, -0.2) is 0 Å². The number of hydrogen-bond donors (Lipinski definition) is 2. The molecule has 0 saturated carbocycles. The minimum Gasteiger partial charge on any atom is -0.481 e. The van der Waals surface area contributed by atoms with Crippen molar-refractivity contribution in [2.75, 3.05) is 6.54 Å². The van der Waals surface area contributed by atoms with Crippen LogP contribution in [0.3, 0.4) is 0 Å². The molecule has 1 rings (SSSR count). The summed E-state index contributed by atoms with van der Waals surface area (Å²) in [7, 11) is 0. The molecule has 0 aliphatic rings. The summed E-state index contributed by atoms with van der Waals surface area (Å²) < 4.78 is 0. The number of carbonyl (C=O) groups is 2. The summed E-state index contributed by atoms with van der Waals surface area (Å²) in [6.07, 6.45) is 2.53. The molecule has 5 heteroatoms. The Kier molecular flexibility index (Phi) is 6.43. The quantitative estimate of drug-likeness (QED) is 0.761. The van der Waals surface area contributed by atoms with Crippen LogP contribution in [0.25, 0.3) is 0 Å². The minimum atomic E-state index is -0.838. The highest BCUT2D eigenvalue weighted by Crippen LogP contribution is 2.09. The largest absolute Gasteiger partial charge is 0.481 e. The summed E-state index contributed by atoms with van der Waals surface area (Å²) in [6, 6.07) is 2.00. The Morgan fingerprint density at radius 1 is 1.50 bits per heavy atom. The maximum absolute atomic E-state index is 11.6. The number of aliphatic carboxylic acids is 1. The molecule has 2 N–H and O–H groups in total. The fourth-order valence-corrected chi connectivity index (χ4v) is 2.38. The second-order valence-electron chi connectivity index (χ2n) is 4.26. The van der Waals surface area contributed by atoms with Crippen LogP contribution >= 0.6 is 11.3 Å². The molecule has 0 spiro atoms. The van der Waals surface area contributed by atoms with Gasteiger partial charge in [0.1, 0.15) is 0 Å². The molecule has 1 aromatic heterocycles. The van der Waals surface area contributed by atoms with Crippen LogP contribution in [0.2, 0.25) is 0 Å². The number of thiophene rings is 1. The first-order chi connectivity index (χ1) is 8.63. The Morgan fingerprint density at radius 3 is 2.83 bits per heavy atom. The van der Waals surface area contributed by atoms with Crippen LogP contribution in [0, 0.1) is 5.92 Å². The third kappa shape index (κ3) is 5.31. The van der Waals surface area contributed by atoms with Crippen molar-refractivity contribution in [1.82, 2.24) is 5.32 Å². The van der Waals surface area contributed by atoms with Gasteiger partial charge in [-0.05, 0) is 35.2 Å². The van der Waals surface area contributed by atoms with Crippen molar-refractivity contribution in [3.05, 3.63) is 22.4 Å². The fourth-order valence-electron chi connectivity index (χ4n) is 1.68. The van der Waals surface area contributed by atoms with Gasteiger partial charge >= 0.3 is 5.97 Å². The maximum Gasteiger partial charge on any atom is 0.308 e. The first-order valence-electron chi connectivity index (χ1n) is 6.14. The number of amides is 1. The molecule has 0 bridgehead atoms. The van der Waals surface area contributed by atoms with Gasteiger partial charge < -0.3 is 10.4 Å². The number of carboxylic acid groups (broad SMARTS) is 1. The van der Waals surface area contributed by atoms with Gasteiger partial charge in [0.15, 0.2) is 0 Å². The lowest BCUT2D eigenvalue weighted by Crippen LogP contribution is -2.33. The molecule has 0 aliphatic carbocycles. The molecule has 1 aromatic rings. The molecular formula is C13H19NO3S. The summed E-state index contributed by atoms with van der Waals surface area (Å²) >= 11 is 1.61. The predicted octanol–water partition coefficient (Wildman–Crippen LogP) is 2.30. The monoisotopic (exact) mass is 269 g/mol. The lowest BCUT2D eigenvalue weighted by atomic mass is 10.0. The Morgan fingerprint density at radius 2 is 2.28 bits per heavy atom. The van der Waals surface area contributed by atoms with E-state index in [1.165, 1.54) is 0 Å². The number of nitrogens with one attached hydrogen (secondary N) is 1. The van der Waals surface area contributed by atoms with Crippen molar-refractivity contribution in [1.29, 1.82) is 0 Å². The van der Waals surface area contributed by atoms with Gasteiger partial charge in [-0.1, -0.05) is 13.3 Å². The standard InChI is InChI=1S/C13H19NO3S/c1-2-3-11(13(16)17)8-14-12(15)5-4-10-6-7-18-9-10/h6-7,9,11H,2-5,8H2,1H3,(H,14,15)(H,16,17). The zero-order valence-electron chi connectivity index (χ0n) is 10.5. The van der Waals surface area contributed by atoms with Crippen LogP contribution in [0.1, 0.15) is 31.7 Å². The van der Waals surface area contributed by atoms with E-state index in [4.69, 9.17) is 5.11 Å². The molecule has 0 aliphatic heterocycles. The van der Waals surface area contributed by atoms with Crippen molar-refractivity contribution < 1.29 is 14.7 Å². The number of aryl methyl sites for hydroxylation is 1. The maximum atomic E-state index is 11.6. The van der Waals surface area contributed by atoms with Crippen molar-refractivity contribution in [3.8, 4) is 0 Å². The first kappa shape index (κ1) is 14.7. The van der Waals surface area contributed by atoms with Crippen LogP contribution in [0.5, 0.6) is 0 Å².